The van der Waals surface area contributed by atoms with Crippen LogP contribution in [0.5, 0.6) is 11.5 Å². The lowest BCUT2D eigenvalue weighted by molar-refractivity contribution is -0.396. The van der Waals surface area contributed by atoms with Gasteiger partial charge in [-0.25, -0.2) is 0 Å². The normalized spacial score (nSPS) is 12.3. The monoisotopic (exact) mass is 516 g/mol. The van der Waals surface area contributed by atoms with E-state index in [0.29, 0.717) is 0 Å². The molecule has 2 rings (SSSR count). The van der Waals surface area contributed by atoms with Gasteiger partial charge in [-0.1, -0.05) is 0 Å². The predicted molar refractivity (Wildman–Crippen MR) is 95.7 cm³/mol. The summed E-state index contributed by atoms with van der Waals surface area (Å²) < 4.78 is 85.5. The van der Waals surface area contributed by atoms with Gasteiger partial charge in [0.1, 0.15) is 0 Å². The Morgan fingerprint density at radius 2 is 0.743 bits per heavy atom. The molecule has 0 fully saturated rings. The van der Waals surface area contributed by atoms with Crippen LogP contribution in [0.3, 0.4) is 0 Å². The van der Waals surface area contributed by atoms with Crippen molar-refractivity contribution in [2.45, 2.75) is 17.8 Å². The van der Waals surface area contributed by atoms with Gasteiger partial charge in [-0.3, -0.25) is 40.5 Å². The molecule has 188 valence electrons. The average Bonchev–Trinajstić information content (AvgIpc) is 2.67. The molecule has 0 bridgehead atoms. The van der Waals surface area contributed by atoms with Crippen LogP contribution >= 0.6 is 0 Å². The van der Waals surface area contributed by atoms with E-state index < -0.39 is 107 Å². The van der Waals surface area contributed by atoms with Crippen LogP contribution in [0.15, 0.2) is 24.3 Å². The summed E-state index contributed by atoms with van der Waals surface area (Å²) in [6, 6.07) is -2.08. The van der Waals surface area contributed by atoms with Crippen LogP contribution in [0, 0.1) is 40.5 Å². The minimum Gasteiger partial charge on any atom is -0.497 e. The van der Waals surface area contributed by atoms with Gasteiger partial charge in [0.05, 0.1) is 19.7 Å². The van der Waals surface area contributed by atoms with Crippen molar-refractivity contribution in [1.29, 1.82) is 0 Å². The molecule has 0 aliphatic carbocycles. The van der Waals surface area contributed by atoms with Crippen molar-refractivity contribution in [2.75, 3.05) is 0 Å². The van der Waals surface area contributed by atoms with Crippen molar-refractivity contribution in [2.24, 2.45) is 0 Å². The molecule has 0 aliphatic rings. The van der Waals surface area contributed by atoms with Gasteiger partial charge >= 0.3 is 35.1 Å². The molecule has 0 saturated carbocycles. The number of nitro benzene ring substituents is 4. The van der Waals surface area contributed by atoms with Crippen molar-refractivity contribution < 1.29 is 56.2 Å². The number of rotatable bonds is 6. The number of alkyl halides is 6. The van der Waals surface area contributed by atoms with E-state index >= 15 is 0 Å². The zero-order valence-electron chi connectivity index (χ0n) is 16.0. The average molecular weight is 516 g/mol. The first-order valence-electron chi connectivity index (χ1n) is 8.25. The van der Waals surface area contributed by atoms with Gasteiger partial charge in [0, 0.05) is 24.3 Å². The third-order valence-corrected chi connectivity index (χ3v) is 4.64. The number of aromatic hydroxyl groups is 2. The maximum atomic E-state index is 14.3. The fourth-order valence-electron chi connectivity index (χ4n) is 3.18. The summed E-state index contributed by atoms with van der Waals surface area (Å²) in [4.78, 5) is 37.4. The number of hydrogen-bond donors (Lipinski definition) is 2. The van der Waals surface area contributed by atoms with Gasteiger partial charge < -0.3 is 10.2 Å². The van der Waals surface area contributed by atoms with E-state index in [9.17, 15) is 77.0 Å². The van der Waals surface area contributed by atoms with E-state index in [1.54, 1.807) is 0 Å². The van der Waals surface area contributed by atoms with Crippen molar-refractivity contribution >= 4 is 22.7 Å². The second-order valence-corrected chi connectivity index (χ2v) is 6.50. The molecule has 0 saturated heterocycles. The Balaban J connectivity index is 3.30. The van der Waals surface area contributed by atoms with Crippen LogP contribution in [-0.4, -0.2) is 42.3 Å². The van der Waals surface area contributed by atoms with Crippen LogP contribution in [0.1, 0.15) is 11.1 Å². The number of nitro groups is 4. The largest absolute Gasteiger partial charge is 0.497 e. The molecule has 35 heavy (non-hydrogen) atoms. The third-order valence-electron chi connectivity index (χ3n) is 4.64. The van der Waals surface area contributed by atoms with Gasteiger partial charge in [-0.05, 0) is 11.1 Å². The molecule has 0 atom stereocenters. The van der Waals surface area contributed by atoms with Crippen LogP contribution < -0.4 is 0 Å². The van der Waals surface area contributed by atoms with E-state index in [1.165, 1.54) is 0 Å². The standard InChI is InChI=1S/C15H6F6N4O10/c16-14(17,18)13(15(19,20)21,5-1-7(22(28)29)11(26)8(2-5)23(30)31)6-3-9(24(32)33)12(27)10(4-6)25(34)35/h1-4,26-27H. The molecule has 14 nitrogen and oxygen atoms in total. The summed E-state index contributed by atoms with van der Waals surface area (Å²) in [7, 11) is 0. The summed E-state index contributed by atoms with van der Waals surface area (Å²) in [6.07, 6.45) is -13.3. The molecule has 0 aliphatic heterocycles. The summed E-state index contributed by atoms with van der Waals surface area (Å²) in [5.74, 6) is -3.82. The van der Waals surface area contributed by atoms with E-state index in [1.807, 2.05) is 0 Å². The maximum Gasteiger partial charge on any atom is 0.411 e. The first-order chi connectivity index (χ1) is 15.8. The Bertz CT molecular complexity index is 1110. The summed E-state index contributed by atoms with van der Waals surface area (Å²) in [5.41, 5.74) is -18.2. The van der Waals surface area contributed by atoms with Gasteiger partial charge in [0.2, 0.25) is 5.41 Å². The van der Waals surface area contributed by atoms with Crippen molar-refractivity contribution in [3.8, 4) is 11.5 Å². The molecule has 2 N–H and O–H groups in total. The Kier molecular flexibility index (Phi) is 6.21. The smallest absolute Gasteiger partial charge is 0.411 e. The number of phenolic OH excluding ortho intramolecular Hbond substituents is 2. The minimum absolute atomic E-state index is 0.520. The summed E-state index contributed by atoms with van der Waals surface area (Å²) >= 11 is 0. The highest BCUT2D eigenvalue weighted by Gasteiger charge is 2.73. The molecular weight excluding hydrogens is 510 g/mol. The zero-order valence-corrected chi connectivity index (χ0v) is 16.0. The second-order valence-electron chi connectivity index (χ2n) is 6.50. The topological polar surface area (TPSA) is 213 Å². The lowest BCUT2D eigenvalue weighted by Gasteiger charge is -2.37. The van der Waals surface area contributed by atoms with Crippen molar-refractivity contribution in [3.63, 3.8) is 0 Å². The highest BCUT2D eigenvalue weighted by atomic mass is 19.4. The number of hydrogen-bond acceptors (Lipinski definition) is 10. The first-order valence-corrected chi connectivity index (χ1v) is 8.25. The van der Waals surface area contributed by atoms with Crippen LogP contribution in [-0.2, 0) is 5.41 Å². The van der Waals surface area contributed by atoms with Crippen molar-refractivity contribution in [3.05, 3.63) is 75.8 Å². The van der Waals surface area contributed by atoms with E-state index in [2.05, 4.69) is 0 Å². The van der Waals surface area contributed by atoms with E-state index in [4.69, 9.17) is 0 Å². The number of phenols is 2. The molecule has 0 aromatic heterocycles. The van der Waals surface area contributed by atoms with Crippen LogP contribution in [0.4, 0.5) is 49.1 Å². The molecule has 20 heteroatoms. The molecule has 0 heterocycles. The van der Waals surface area contributed by atoms with Gasteiger partial charge in [0.15, 0.2) is 0 Å². The molecule has 2 aromatic rings. The van der Waals surface area contributed by atoms with Gasteiger partial charge in [-0.2, -0.15) is 26.3 Å². The number of halogens is 6. The molecular formula is C15H6F6N4O10. The Morgan fingerprint density at radius 1 is 0.543 bits per heavy atom. The highest BCUT2D eigenvalue weighted by Crippen LogP contribution is 2.59. The van der Waals surface area contributed by atoms with E-state index in [0.717, 1.165) is 0 Å². The predicted octanol–water partition coefficient (Wildman–Crippen LogP) is 4.14. The fraction of sp³-hybridized carbons (Fsp3) is 0.200. The fourth-order valence-corrected chi connectivity index (χ4v) is 3.18. The van der Waals surface area contributed by atoms with Gasteiger partial charge in [-0.15, -0.1) is 0 Å². The van der Waals surface area contributed by atoms with Crippen molar-refractivity contribution in [1.82, 2.24) is 0 Å². The zero-order chi connectivity index (χ0) is 27.3. The highest BCUT2D eigenvalue weighted by molar-refractivity contribution is 5.67. The number of benzene rings is 2. The summed E-state index contributed by atoms with van der Waals surface area (Å²) in [5, 5.41) is 63.6. The van der Waals surface area contributed by atoms with Gasteiger partial charge in [0.25, 0.3) is 11.5 Å². The van der Waals surface area contributed by atoms with Crippen LogP contribution in [0.2, 0.25) is 0 Å². The number of nitrogens with zero attached hydrogens (tertiary/aromatic N) is 4. The lowest BCUT2D eigenvalue weighted by atomic mass is 9.72. The molecule has 0 amide bonds. The summed E-state index contributed by atoms with van der Waals surface area (Å²) in [6.45, 7) is 0. The second kappa shape index (κ2) is 8.22. The maximum absolute atomic E-state index is 14.3. The SMILES string of the molecule is O=[N+]([O-])c1cc(C(c2cc([N+](=O)[O-])c(O)c([N+](=O)[O-])c2)(C(F)(F)F)C(F)(F)F)cc([N+](=O)[O-])c1O. The van der Waals surface area contributed by atoms with E-state index in [-0.39, 0.29) is 0 Å². The Labute approximate surface area is 185 Å². The Morgan fingerprint density at radius 3 is 0.886 bits per heavy atom. The first kappa shape index (κ1) is 26.5. The third kappa shape index (κ3) is 4.04. The molecule has 0 radical (unpaired) electrons. The lowest BCUT2D eigenvalue weighted by Crippen LogP contribution is -2.54. The molecule has 0 unspecified atom stereocenters. The van der Waals surface area contributed by atoms with Crippen LogP contribution in [0.25, 0.3) is 0 Å². The Hall–Kier alpha value is -4.78. The minimum atomic E-state index is -6.66. The quantitative estimate of drug-likeness (QED) is 0.318. The molecule has 0 spiro atoms. The molecule has 2 aromatic carbocycles.